The van der Waals surface area contributed by atoms with Gasteiger partial charge in [-0.05, 0) is 44.5 Å². The number of anilines is 1. The molecule has 6 nitrogen and oxygen atoms in total. The monoisotopic (exact) mass is 328 g/mol. The smallest absolute Gasteiger partial charge is 0.261 e. The molecule has 0 aliphatic carbocycles. The van der Waals surface area contributed by atoms with Crippen molar-refractivity contribution < 1.29 is 17.9 Å². The molecule has 7 heteroatoms. The molecule has 0 fully saturated rings. The number of benzene rings is 1. The number of hydrogen-bond donors (Lipinski definition) is 1. The second kappa shape index (κ2) is 7.49. The van der Waals surface area contributed by atoms with Gasteiger partial charge in [-0.15, -0.1) is 0 Å². The highest BCUT2D eigenvalue weighted by Gasteiger charge is 2.19. The largest absolute Gasteiger partial charge is 0.481 e. The Labute approximate surface area is 132 Å². The fraction of sp³-hybridized carbons (Fsp3) is 0.533. The molecule has 0 aliphatic heterocycles. The van der Waals surface area contributed by atoms with E-state index in [4.69, 9.17) is 4.74 Å². The summed E-state index contributed by atoms with van der Waals surface area (Å²) in [4.78, 5) is 12.0. The lowest BCUT2D eigenvalue weighted by atomic mass is 10.2. The van der Waals surface area contributed by atoms with Crippen LogP contribution < -0.4 is 14.4 Å². The molecule has 1 amide bonds. The Morgan fingerprint density at radius 1 is 1.27 bits per heavy atom. The number of sulfonamides is 1. The Balaban J connectivity index is 2.80. The fourth-order valence-electron chi connectivity index (χ4n) is 1.79. The first-order chi connectivity index (χ1) is 10.1. The number of rotatable bonds is 7. The number of hydrogen-bond acceptors (Lipinski definition) is 4. The molecule has 0 aromatic heterocycles. The molecular formula is C15H24N2O4S. The van der Waals surface area contributed by atoms with E-state index >= 15 is 0 Å². The van der Waals surface area contributed by atoms with Crippen molar-refractivity contribution in [3.05, 3.63) is 24.3 Å². The molecule has 124 valence electrons. The average molecular weight is 328 g/mol. The van der Waals surface area contributed by atoms with Gasteiger partial charge in [0.15, 0.2) is 6.10 Å². The highest BCUT2D eigenvalue weighted by atomic mass is 32.2. The summed E-state index contributed by atoms with van der Waals surface area (Å²) in [6.07, 6.45) is 1.12. The number of ether oxygens (including phenoxy) is 1. The molecule has 1 rings (SSSR count). The lowest BCUT2D eigenvalue weighted by Crippen LogP contribution is -2.41. The summed E-state index contributed by atoms with van der Waals surface area (Å²) in [7, 11) is -1.81. The van der Waals surface area contributed by atoms with Crippen LogP contribution in [-0.4, -0.2) is 39.8 Å². The third-order valence-corrected chi connectivity index (χ3v) is 4.28. The van der Waals surface area contributed by atoms with Crippen LogP contribution in [0.3, 0.4) is 0 Å². The van der Waals surface area contributed by atoms with Crippen molar-refractivity contribution in [1.29, 1.82) is 0 Å². The maximum Gasteiger partial charge on any atom is 0.261 e. The summed E-state index contributed by atoms with van der Waals surface area (Å²) in [5, 5.41) is 2.81. The minimum absolute atomic E-state index is 0.0518. The summed E-state index contributed by atoms with van der Waals surface area (Å²) < 4.78 is 29.8. The van der Waals surface area contributed by atoms with Gasteiger partial charge in [0.1, 0.15) is 5.75 Å². The molecule has 1 N–H and O–H groups in total. The van der Waals surface area contributed by atoms with E-state index in [2.05, 4.69) is 5.32 Å². The van der Waals surface area contributed by atoms with Crippen molar-refractivity contribution in [3.8, 4) is 5.75 Å². The second-order valence-corrected chi connectivity index (χ2v) is 7.42. The van der Waals surface area contributed by atoms with Crippen LogP contribution in [0.1, 0.15) is 27.2 Å². The molecule has 0 spiro atoms. The first-order valence-corrected chi connectivity index (χ1v) is 9.01. The zero-order chi connectivity index (χ0) is 16.9. The highest BCUT2D eigenvalue weighted by molar-refractivity contribution is 7.92. The Morgan fingerprint density at radius 2 is 1.82 bits per heavy atom. The maximum absolute atomic E-state index is 12.0. The van der Waals surface area contributed by atoms with Crippen LogP contribution >= 0.6 is 0 Å². The quantitative estimate of drug-likeness (QED) is 0.827. The molecule has 1 aromatic carbocycles. The van der Waals surface area contributed by atoms with Crippen molar-refractivity contribution in [3.63, 3.8) is 0 Å². The van der Waals surface area contributed by atoms with Crippen LogP contribution in [0.5, 0.6) is 5.75 Å². The van der Waals surface area contributed by atoms with Gasteiger partial charge < -0.3 is 10.1 Å². The summed E-state index contributed by atoms with van der Waals surface area (Å²) in [6, 6.07) is 6.65. The number of nitrogens with one attached hydrogen (secondary N) is 1. The van der Waals surface area contributed by atoms with E-state index in [9.17, 15) is 13.2 Å². The third-order valence-electron chi connectivity index (χ3n) is 3.07. The molecule has 22 heavy (non-hydrogen) atoms. The van der Waals surface area contributed by atoms with Crippen LogP contribution in [0, 0.1) is 0 Å². The standard InChI is InChI=1S/C15H24N2O4S/c1-6-14(15(18)16-11(2)3)21-13-9-7-12(8-10-13)17(4)22(5,19)20/h7-11,14H,6H2,1-5H3,(H,16,18). The predicted molar refractivity (Wildman–Crippen MR) is 87.7 cm³/mol. The normalized spacial score (nSPS) is 12.8. The van der Waals surface area contributed by atoms with Gasteiger partial charge in [0, 0.05) is 13.1 Å². The van der Waals surface area contributed by atoms with E-state index in [1.54, 1.807) is 24.3 Å². The molecule has 0 aliphatic rings. The molecule has 0 saturated heterocycles. The van der Waals surface area contributed by atoms with Gasteiger partial charge in [0.25, 0.3) is 5.91 Å². The summed E-state index contributed by atoms with van der Waals surface area (Å²) in [5.41, 5.74) is 0.537. The van der Waals surface area contributed by atoms with Gasteiger partial charge in [0.05, 0.1) is 11.9 Å². The molecular weight excluding hydrogens is 304 g/mol. The number of carbonyl (C=O) groups is 1. The lowest BCUT2D eigenvalue weighted by molar-refractivity contribution is -0.128. The molecule has 1 aromatic rings. The van der Waals surface area contributed by atoms with Gasteiger partial charge >= 0.3 is 0 Å². The molecule has 0 saturated carbocycles. The number of nitrogens with zero attached hydrogens (tertiary/aromatic N) is 1. The van der Waals surface area contributed by atoms with E-state index in [0.29, 0.717) is 17.9 Å². The van der Waals surface area contributed by atoms with Gasteiger partial charge in [-0.1, -0.05) is 6.92 Å². The predicted octanol–water partition coefficient (Wildman–Crippen LogP) is 1.76. The van der Waals surface area contributed by atoms with Crippen LogP contribution in [0.25, 0.3) is 0 Å². The van der Waals surface area contributed by atoms with Crippen molar-refractivity contribution in [1.82, 2.24) is 5.32 Å². The SMILES string of the molecule is CCC(Oc1ccc(N(C)S(C)(=O)=O)cc1)C(=O)NC(C)C. The topological polar surface area (TPSA) is 75.7 Å². The minimum atomic E-state index is -3.29. The number of carbonyl (C=O) groups excluding carboxylic acids is 1. The first-order valence-electron chi connectivity index (χ1n) is 7.16. The zero-order valence-corrected chi connectivity index (χ0v) is 14.5. The molecule has 0 bridgehead atoms. The molecule has 0 radical (unpaired) electrons. The Kier molecular flexibility index (Phi) is 6.22. The molecule has 0 heterocycles. The van der Waals surface area contributed by atoms with Crippen LogP contribution in [0.2, 0.25) is 0 Å². The Morgan fingerprint density at radius 3 is 2.23 bits per heavy atom. The van der Waals surface area contributed by atoms with Crippen molar-refractivity contribution in [2.24, 2.45) is 0 Å². The maximum atomic E-state index is 12.0. The van der Waals surface area contributed by atoms with Gasteiger partial charge in [0.2, 0.25) is 10.0 Å². The van der Waals surface area contributed by atoms with E-state index in [1.807, 2.05) is 20.8 Å². The molecule has 1 atom stereocenters. The van der Waals surface area contributed by atoms with Gasteiger partial charge in [-0.25, -0.2) is 8.42 Å². The van der Waals surface area contributed by atoms with Crippen molar-refractivity contribution in [2.45, 2.75) is 39.3 Å². The van der Waals surface area contributed by atoms with Gasteiger partial charge in [-0.2, -0.15) is 0 Å². The van der Waals surface area contributed by atoms with Crippen molar-refractivity contribution >= 4 is 21.6 Å². The summed E-state index contributed by atoms with van der Waals surface area (Å²) in [6.45, 7) is 5.65. The van der Waals surface area contributed by atoms with E-state index in [-0.39, 0.29) is 11.9 Å². The van der Waals surface area contributed by atoms with Crippen LogP contribution in [0.4, 0.5) is 5.69 Å². The summed E-state index contributed by atoms with van der Waals surface area (Å²) >= 11 is 0. The Bertz CT molecular complexity index is 596. The third kappa shape index (κ3) is 5.22. The highest BCUT2D eigenvalue weighted by Crippen LogP contribution is 2.21. The van der Waals surface area contributed by atoms with E-state index in [1.165, 1.54) is 11.4 Å². The zero-order valence-electron chi connectivity index (χ0n) is 13.7. The lowest BCUT2D eigenvalue weighted by Gasteiger charge is -2.20. The fourth-order valence-corrected chi connectivity index (χ4v) is 2.29. The van der Waals surface area contributed by atoms with E-state index < -0.39 is 16.1 Å². The first kappa shape index (κ1) is 18.3. The van der Waals surface area contributed by atoms with Gasteiger partial charge in [-0.3, -0.25) is 9.10 Å². The number of amides is 1. The van der Waals surface area contributed by atoms with Crippen LogP contribution in [-0.2, 0) is 14.8 Å². The van der Waals surface area contributed by atoms with Crippen molar-refractivity contribution in [2.75, 3.05) is 17.6 Å². The average Bonchev–Trinajstić information content (AvgIpc) is 2.42. The minimum Gasteiger partial charge on any atom is -0.481 e. The second-order valence-electron chi connectivity index (χ2n) is 5.40. The summed E-state index contributed by atoms with van der Waals surface area (Å²) in [5.74, 6) is 0.367. The van der Waals surface area contributed by atoms with E-state index in [0.717, 1.165) is 6.26 Å². The Hall–Kier alpha value is -1.76. The van der Waals surface area contributed by atoms with Crippen LogP contribution in [0.15, 0.2) is 24.3 Å². The molecule has 1 unspecified atom stereocenters.